The number of aromatic nitrogens is 3. The van der Waals surface area contributed by atoms with Gasteiger partial charge in [0.1, 0.15) is 17.6 Å². The van der Waals surface area contributed by atoms with Crippen molar-refractivity contribution in [1.82, 2.24) is 24.8 Å². The second-order valence-electron chi connectivity index (χ2n) is 5.37. The van der Waals surface area contributed by atoms with E-state index in [-0.39, 0.29) is 23.5 Å². The third kappa shape index (κ3) is 5.07. The standard InChI is InChI=1S/C14H18F3N5O4S/c1-3-21(4-2)27(24,25)10-5-6-11-12(7-10)22(20-19-11)26-8-13(23)18-9-14(15,16)17/h5-7H,3-4,8-9H2,1-2H3,(H,18,23). The number of nitrogens with zero attached hydrogens (tertiary/aromatic N) is 4. The largest absolute Gasteiger partial charge is 0.405 e. The van der Waals surface area contributed by atoms with Gasteiger partial charge in [0.25, 0.3) is 5.91 Å². The molecule has 1 aromatic heterocycles. The lowest BCUT2D eigenvalue weighted by molar-refractivity contribution is -0.141. The molecule has 2 aromatic rings. The number of carbonyl (C=O) groups is 1. The third-order valence-electron chi connectivity index (χ3n) is 3.53. The van der Waals surface area contributed by atoms with E-state index >= 15 is 0 Å². The van der Waals surface area contributed by atoms with Crippen LogP contribution >= 0.6 is 0 Å². The molecule has 1 N–H and O–H groups in total. The van der Waals surface area contributed by atoms with Crippen LogP contribution in [-0.4, -0.2) is 66.2 Å². The molecule has 27 heavy (non-hydrogen) atoms. The number of benzene rings is 1. The molecular formula is C14H18F3N5O4S. The first kappa shape index (κ1) is 20.9. The van der Waals surface area contributed by atoms with E-state index in [0.717, 1.165) is 4.85 Å². The van der Waals surface area contributed by atoms with Gasteiger partial charge in [0.2, 0.25) is 10.0 Å². The molecule has 0 aliphatic carbocycles. The average molecular weight is 409 g/mol. The van der Waals surface area contributed by atoms with Crippen molar-refractivity contribution in [3.8, 4) is 0 Å². The summed E-state index contributed by atoms with van der Waals surface area (Å²) in [6.45, 7) is 1.73. The minimum Gasteiger partial charge on any atom is -0.385 e. The molecule has 0 aliphatic heterocycles. The molecule has 0 radical (unpaired) electrons. The highest BCUT2D eigenvalue weighted by molar-refractivity contribution is 7.89. The zero-order valence-corrected chi connectivity index (χ0v) is 15.3. The second-order valence-corrected chi connectivity index (χ2v) is 7.31. The molecule has 0 bridgehead atoms. The highest BCUT2D eigenvalue weighted by Gasteiger charge is 2.28. The summed E-state index contributed by atoms with van der Waals surface area (Å²) in [7, 11) is -3.74. The highest BCUT2D eigenvalue weighted by Crippen LogP contribution is 2.20. The Morgan fingerprint density at radius 3 is 2.56 bits per heavy atom. The van der Waals surface area contributed by atoms with Gasteiger partial charge < -0.3 is 10.2 Å². The van der Waals surface area contributed by atoms with E-state index in [1.807, 2.05) is 0 Å². The minimum atomic E-state index is -4.54. The molecule has 1 heterocycles. The lowest BCUT2D eigenvalue weighted by atomic mass is 10.3. The van der Waals surface area contributed by atoms with Crippen LogP contribution in [0.2, 0.25) is 0 Å². The smallest absolute Gasteiger partial charge is 0.385 e. The van der Waals surface area contributed by atoms with Gasteiger partial charge >= 0.3 is 6.18 Å². The molecule has 0 unspecified atom stereocenters. The average Bonchev–Trinajstić information content (AvgIpc) is 3.00. The monoisotopic (exact) mass is 409 g/mol. The van der Waals surface area contributed by atoms with Gasteiger partial charge in [-0.3, -0.25) is 4.79 Å². The van der Waals surface area contributed by atoms with E-state index in [2.05, 4.69) is 10.3 Å². The summed E-state index contributed by atoms with van der Waals surface area (Å²) in [5.74, 6) is -1.01. The minimum absolute atomic E-state index is 0.0210. The van der Waals surface area contributed by atoms with Crippen molar-refractivity contribution in [3.63, 3.8) is 0 Å². The molecule has 0 aliphatic rings. The molecule has 0 spiro atoms. The Labute approximate surface area is 153 Å². The fourth-order valence-corrected chi connectivity index (χ4v) is 3.69. The van der Waals surface area contributed by atoms with Crippen molar-refractivity contribution in [2.24, 2.45) is 0 Å². The number of fused-ring (bicyclic) bond motifs is 1. The number of rotatable bonds is 8. The Morgan fingerprint density at radius 1 is 1.30 bits per heavy atom. The Balaban J connectivity index is 2.19. The van der Waals surface area contributed by atoms with Gasteiger partial charge in [-0.05, 0) is 23.4 Å². The van der Waals surface area contributed by atoms with E-state index in [1.165, 1.54) is 22.5 Å². The van der Waals surface area contributed by atoms with Gasteiger partial charge in [0.15, 0.2) is 6.61 Å². The molecule has 0 atom stereocenters. The van der Waals surface area contributed by atoms with Gasteiger partial charge in [-0.15, -0.1) is 5.10 Å². The summed E-state index contributed by atoms with van der Waals surface area (Å²) >= 11 is 0. The van der Waals surface area contributed by atoms with Crippen LogP contribution < -0.4 is 10.2 Å². The molecule has 0 saturated heterocycles. The lowest BCUT2D eigenvalue weighted by Gasteiger charge is -2.18. The van der Waals surface area contributed by atoms with Crippen LogP contribution in [0.3, 0.4) is 0 Å². The first-order chi connectivity index (χ1) is 12.6. The van der Waals surface area contributed by atoms with Crippen molar-refractivity contribution in [3.05, 3.63) is 18.2 Å². The van der Waals surface area contributed by atoms with Gasteiger partial charge in [-0.25, -0.2) is 8.42 Å². The van der Waals surface area contributed by atoms with E-state index in [9.17, 15) is 26.4 Å². The maximum absolute atomic E-state index is 12.6. The van der Waals surface area contributed by atoms with Crippen LogP contribution in [-0.2, 0) is 14.8 Å². The maximum Gasteiger partial charge on any atom is 0.405 e. The lowest BCUT2D eigenvalue weighted by Crippen LogP contribution is -2.38. The van der Waals surface area contributed by atoms with E-state index < -0.39 is 35.3 Å². The summed E-state index contributed by atoms with van der Waals surface area (Å²) < 4.78 is 62.6. The van der Waals surface area contributed by atoms with Gasteiger partial charge in [0.05, 0.1) is 4.90 Å². The molecule has 2 rings (SSSR count). The number of hydrogen-bond acceptors (Lipinski definition) is 6. The molecule has 0 fully saturated rings. The van der Waals surface area contributed by atoms with Crippen molar-refractivity contribution >= 4 is 27.0 Å². The topological polar surface area (TPSA) is 106 Å². The van der Waals surface area contributed by atoms with E-state index in [0.29, 0.717) is 5.52 Å². The number of hydrogen-bond donors (Lipinski definition) is 1. The van der Waals surface area contributed by atoms with Crippen molar-refractivity contribution in [2.75, 3.05) is 26.2 Å². The predicted octanol–water partition coefficient (Wildman–Crippen LogP) is 0.569. The van der Waals surface area contributed by atoms with Crippen LogP contribution in [0.5, 0.6) is 0 Å². The molecule has 1 amide bonds. The summed E-state index contributed by atoms with van der Waals surface area (Å²) in [6.07, 6.45) is -4.54. The van der Waals surface area contributed by atoms with Crippen molar-refractivity contribution < 1.29 is 31.2 Å². The maximum atomic E-state index is 12.6. The quantitative estimate of drug-likeness (QED) is 0.683. The summed E-state index contributed by atoms with van der Waals surface area (Å²) in [4.78, 5) is 17.2. The van der Waals surface area contributed by atoms with Crippen LogP contribution in [0, 0.1) is 0 Å². The van der Waals surface area contributed by atoms with Crippen LogP contribution in [0.1, 0.15) is 13.8 Å². The first-order valence-corrected chi connectivity index (χ1v) is 9.34. The van der Waals surface area contributed by atoms with Gasteiger partial charge in [0, 0.05) is 13.1 Å². The highest BCUT2D eigenvalue weighted by atomic mass is 32.2. The molecule has 9 nitrogen and oxygen atoms in total. The summed E-state index contributed by atoms with van der Waals surface area (Å²) in [5, 5.41) is 9.02. The SMILES string of the molecule is CCN(CC)S(=O)(=O)c1ccc2nnn(OCC(=O)NCC(F)(F)F)c2c1. The number of alkyl halides is 3. The zero-order chi connectivity index (χ0) is 20.2. The van der Waals surface area contributed by atoms with E-state index in [1.54, 1.807) is 19.2 Å². The van der Waals surface area contributed by atoms with Crippen molar-refractivity contribution in [2.45, 2.75) is 24.9 Å². The Morgan fingerprint density at radius 2 is 1.96 bits per heavy atom. The number of halogens is 3. The van der Waals surface area contributed by atoms with Crippen LogP contribution in [0.4, 0.5) is 13.2 Å². The summed E-state index contributed by atoms with van der Waals surface area (Å²) in [5.41, 5.74) is 0.455. The molecule has 0 saturated carbocycles. The number of sulfonamides is 1. The van der Waals surface area contributed by atoms with Gasteiger partial charge in [-0.2, -0.15) is 17.5 Å². The normalized spacial score (nSPS) is 12.5. The molecular weight excluding hydrogens is 391 g/mol. The molecule has 150 valence electrons. The molecule has 13 heteroatoms. The van der Waals surface area contributed by atoms with Crippen molar-refractivity contribution in [1.29, 1.82) is 0 Å². The Kier molecular flexibility index (Phi) is 6.26. The third-order valence-corrected chi connectivity index (χ3v) is 5.58. The fraction of sp³-hybridized carbons (Fsp3) is 0.500. The molecule has 1 aromatic carbocycles. The second kappa shape index (κ2) is 8.08. The number of amides is 1. The van der Waals surface area contributed by atoms with Gasteiger partial charge in [-0.1, -0.05) is 18.7 Å². The predicted molar refractivity (Wildman–Crippen MR) is 88.1 cm³/mol. The fourth-order valence-electron chi connectivity index (χ4n) is 2.22. The number of nitrogens with one attached hydrogen (secondary N) is 1. The Hall–Kier alpha value is -2.41. The first-order valence-electron chi connectivity index (χ1n) is 7.90. The van der Waals surface area contributed by atoms with Crippen LogP contribution in [0.25, 0.3) is 11.0 Å². The van der Waals surface area contributed by atoms with Crippen LogP contribution in [0.15, 0.2) is 23.1 Å². The zero-order valence-electron chi connectivity index (χ0n) is 14.5. The summed E-state index contributed by atoms with van der Waals surface area (Å²) in [6, 6.07) is 4.06. The Bertz CT molecular complexity index is 909. The van der Waals surface area contributed by atoms with E-state index in [4.69, 9.17) is 4.84 Å². The number of carbonyl (C=O) groups excluding carboxylic acids is 1.